The van der Waals surface area contributed by atoms with Gasteiger partial charge in [0.15, 0.2) is 11.5 Å². The number of anilines is 1. The molecule has 2 N–H and O–H groups in total. The fraction of sp³-hybridized carbons (Fsp3) is 0.211. The van der Waals surface area contributed by atoms with Gasteiger partial charge < -0.3 is 19.9 Å². The van der Waals surface area contributed by atoms with Crippen molar-refractivity contribution >= 4 is 23.6 Å². The summed E-state index contributed by atoms with van der Waals surface area (Å²) in [6.45, 7) is 0. The first-order valence-corrected chi connectivity index (χ1v) is 8.14. The molecule has 1 aliphatic rings. The third-order valence-electron chi connectivity index (χ3n) is 4.28. The van der Waals surface area contributed by atoms with Crippen LogP contribution in [0.1, 0.15) is 15.9 Å². The molecule has 8 heteroatoms. The molecule has 1 fully saturated rings. The molecule has 140 valence electrons. The molecular formula is C19H18N2O6. The van der Waals surface area contributed by atoms with Crippen LogP contribution in [0, 0.1) is 0 Å². The summed E-state index contributed by atoms with van der Waals surface area (Å²) in [6.07, 6.45) is 0.303. The van der Waals surface area contributed by atoms with Crippen LogP contribution in [0.3, 0.4) is 0 Å². The molecule has 0 aliphatic carbocycles. The highest BCUT2D eigenvalue weighted by Gasteiger charge is 2.41. The van der Waals surface area contributed by atoms with Crippen molar-refractivity contribution in [2.24, 2.45) is 0 Å². The average molecular weight is 370 g/mol. The van der Waals surface area contributed by atoms with E-state index in [-0.39, 0.29) is 22.7 Å². The van der Waals surface area contributed by atoms with Crippen molar-refractivity contribution < 1.29 is 29.0 Å². The Hall–Kier alpha value is -3.55. The van der Waals surface area contributed by atoms with Crippen LogP contribution in [0.15, 0.2) is 42.5 Å². The standard InChI is InChI=1S/C19H18N2O6/c1-26-15-9-12(18(23)24)14(10-16(15)27-2)21-17(22)13(20-19(21)25)8-11-6-4-3-5-7-11/h3-7,9-10,13H,8H2,1-2H3,(H,20,25)(H,23,24). The fourth-order valence-electron chi connectivity index (χ4n) is 2.97. The summed E-state index contributed by atoms with van der Waals surface area (Å²) < 4.78 is 10.3. The second-order valence-corrected chi connectivity index (χ2v) is 5.89. The van der Waals surface area contributed by atoms with Gasteiger partial charge in [-0.05, 0) is 5.56 Å². The summed E-state index contributed by atoms with van der Waals surface area (Å²) >= 11 is 0. The first-order valence-electron chi connectivity index (χ1n) is 8.14. The predicted molar refractivity (Wildman–Crippen MR) is 96.5 cm³/mol. The van der Waals surface area contributed by atoms with Crippen LogP contribution >= 0.6 is 0 Å². The van der Waals surface area contributed by atoms with Gasteiger partial charge in [0.05, 0.1) is 25.5 Å². The van der Waals surface area contributed by atoms with E-state index in [1.807, 2.05) is 30.3 Å². The van der Waals surface area contributed by atoms with Gasteiger partial charge in [-0.1, -0.05) is 30.3 Å². The second kappa shape index (κ2) is 7.36. The SMILES string of the molecule is COc1cc(C(=O)O)c(N2C(=O)NC(Cc3ccccc3)C2=O)cc1OC. The number of carbonyl (C=O) groups is 3. The van der Waals surface area contributed by atoms with Gasteiger partial charge >= 0.3 is 12.0 Å². The van der Waals surface area contributed by atoms with Crippen molar-refractivity contribution in [3.05, 3.63) is 53.6 Å². The Kier molecular flexibility index (Phi) is 4.98. The highest BCUT2D eigenvalue weighted by molar-refractivity contribution is 6.23. The lowest BCUT2D eigenvalue weighted by Gasteiger charge is -2.18. The molecule has 0 spiro atoms. The first kappa shape index (κ1) is 18.2. The average Bonchev–Trinajstić information content (AvgIpc) is 2.94. The summed E-state index contributed by atoms with van der Waals surface area (Å²) in [5, 5.41) is 12.1. The fourth-order valence-corrected chi connectivity index (χ4v) is 2.97. The molecule has 1 heterocycles. The molecule has 1 aliphatic heterocycles. The van der Waals surface area contributed by atoms with Gasteiger partial charge in [0.25, 0.3) is 5.91 Å². The molecule has 1 unspecified atom stereocenters. The summed E-state index contributed by atoms with van der Waals surface area (Å²) in [7, 11) is 2.75. The summed E-state index contributed by atoms with van der Waals surface area (Å²) in [4.78, 5) is 37.8. The lowest BCUT2D eigenvalue weighted by Crippen LogP contribution is -2.33. The number of amides is 3. The van der Waals surface area contributed by atoms with E-state index in [4.69, 9.17) is 9.47 Å². The number of carboxylic acid groups (broad SMARTS) is 1. The maximum Gasteiger partial charge on any atom is 0.337 e. The largest absolute Gasteiger partial charge is 0.493 e. The number of nitrogens with one attached hydrogen (secondary N) is 1. The van der Waals surface area contributed by atoms with E-state index in [0.29, 0.717) is 6.42 Å². The number of urea groups is 1. The molecule has 2 aromatic carbocycles. The number of nitrogens with zero attached hydrogens (tertiary/aromatic N) is 1. The number of aromatic carboxylic acids is 1. The second-order valence-electron chi connectivity index (χ2n) is 5.89. The zero-order chi connectivity index (χ0) is 19.6. The third kappa shape index (κ3) is 3.41. The number of hydrogen-bond donors (Lipinski definition) is 2. The zero-order valence-corrected chi connectivity index (χ0v) is 14.8. The van der Waals surface area contributed by atoms with Crippen LogP contribution in [0.5, 0.6) is 11.5 Å². The minimum absolute atomic E-state index is 0.0711. The normalized spacial score (nSPS) is 16.2. The molecule has 0 aromatic heterocycles. The number of hydrogen-bond acceptors (Lipinski definition) is 5. The molecule has 1 saturated heterocycles. The Bertz CT molecular complexity index is 897. The predicted octanol–water partition coefficient (Wildman–Crippen LogP) is 2.07. The van der Waals surface area contributed by atoms with Crippen molar-refractivity contribution in [2.45, 2.75) is 12.5 Å². The van der Waals surface area contributed by atoms with Crippen LogP contribution in [-0.2, 0) is 11.2 Å². The van der Waals surface area contributed by atoms with Gasteiger partial charge in [-0.2, -0.15) is 0 Å². The van der Waals surface area contributed by atoms with Crippen molar-refractivity contribution in [1.29, 1.82) is 0 Å². The smallest absolute Gasteiger partial charge is 0.337 e. The van der Waals surface area contributed by atoms with E-state index in [9.17, 15) is 19.5 Å². The number of carboxylic acids is 1. The van der Waals surface area contributed by atoms with E-state index in [1.54, 1.807) is 0 Å². The van der Waals surface area contributed by atoms with Gasteiger partial charge in [0.2, 0.25) is 0 Å². The summed E-state index contributed by atoms with van der Waals surface area (Å²) in [5.74, 6) is -1.42. The number of imide groups is 1. The number of benzene rings is 2. The van der Waals surface area contributed by atoms with Crippen LogP contribution in [0.2, 0.25) is 0 Å². The molecule has 1 atom stereocenters. The van der Waals surface area contributed by atoms with E-state index in [1.165, 1.54) is 26.4 Å². The molecule has 3 amide bonds. The van der Waals surface area contributed by atoms with E-state index in [2.05, 4.69) is 5.32 Å². The minimum atomic E-state index is -1.29. The van der Waals surface area contributed by atoms with E-state index in [0.717, 1.165) is 10.5 Å². The maximum absolute atomic E-state index is 12.8. The van der Waals surface area contributed by atoms with Crippen molar-refractivity contribution in [3.8, 4) is 11.5 Å². The van der Waals surface area contributed by atoms with Gasteiger partial charge in [-0.15, -0.1) is 0 Å². The van der Waals surface area contributed by atoms with Crippen LogP contribution in [-0.4, -0.2) is 43.3 Å². The molecule has 8 nitrogen and oxygen atoms in total. The van der Waals surface area contributed by atoms with E-state index < -0.39 is 23.9 Å². The summed E-state index contributed by atoms with van der Waals surface area (Å²) in [5.41, 5.74) is 0.568. The molecule has 2 aromatic rings. The van der Waals surface area contributed by atoms with Crippen LogP contribution < -0.4 is 19.7 Å². The van der Waals surface area contributed by atoms with Crippen LogP contribution in [0.25, 0.3) is 0 Å². The minimum Gasteiger partial charge on any atom is -0.493 e. The molecule has 0 saturated carbocycles. The van der Waals surface area contributed by atoms with Crippen molar-refractivity contribution in [3.63, 3.8) is 0 Å². The Labute approximate surface area is 155 Å². The third-order valence-corrected chi connectivity index (χ3v) is 4.28. The summed E-state index contributed by atoms with van der Waals surface area (Å²) in [6, 6.07) is 10.3. The van der Waals surface area contributed by atoms with Crippen molar-refractivity contribution in [1.82, 2.24) is 5.32 Å². The molecule has 0 radical (unpaired) electrons. The monoisotopic (exact) mass is 370 g/mol. The topological polar surface area (TPSA) is 105 Å². The highest BCUT2D eigenvalue weighted by atomic mass is 16.5. The first-order chi connectivity index (χ1) is 13.0. The van der Waals surface area contributed by atoms with Crippen LogP contribution in [0.4, 0.5) is 10.5 Å². The Morgan fingerprint density at radius 3 is 2.33 bits per heavy atom. The van der Waals surface area contributed by atoms with Gasteiger partial charge in [-0.25, -0.2) is 14.5 Å². The number of rotatable bonds is 6. The molecule has 3 rings (SSSR count). The van der Waals surface area contributed by atoms with Crippen molar-refractivity contribution in [2.75, 3.05) is 19.1 Å². The zero-order valence-electron chi connectivity index (χ0n) is 14.8. The Morgan fingerprint density at radius 1 is 1.11 bits per heavy atom. The lowest BCUT2D eigenvalue weighted by atomic mass is 10.1. The van der Waals surface area contributed by atoms with E-state index >= 15 is 0 Å². The quantitative estimate of drug-likeness (QED) is 0.754. The number of carbonyl (C=O) groups excluding carboxylic acids is 2. The van der Waals surface area contributed by atoms with Gasteiger partial charge in [0.1, 0.15) is 6.04 Å². The highest BCUT2D eigenvalue weighted by Crippen LogP contribution is 2.36. The number of methoxy groups -OCH3 is 2. The van der Waals surface area contributed by atoms with Gasteiger partial charge in [-0.3, -0.25) is 4.79 Å². The molecule has 0 bridgehead atoms. The molecule has 27 heavy (non-hydrogen) atoms. The Morgan fingerprint density at radius 2 is 1.74 bits per heavy atom. The lowest BCUT2D eigenvalue weighted by molar-refractivity contribution is -0.118. The van der Waals surface area contributed by atoms with Gasteiger partial charge in [0, 0.05) is 18.6 Å². The maximum atomic E-state index is 12.8. The number of ether oxygens (including phenoxy) is 2. The Balaban J connectivity index is 1.99. The molecular weight excluding hydrogens is 352 g/mol.